The summed E-state index contributed by atoms with van der Waals surface area (Å²) in [5.74, 6) is 0.696. The average Bonchev–Trinajstić information content (AvgIpc) is 2.85. The Labute approximate surface area is 125 Å². The van der Waals surface area contributed by atoms with Crippen molar-refractivity contribution in [1.82, 2.24) is 4.98 Å². The summed E-state index contributed by atoms with van der Waals surface area (Å²) >= 11 is 1.70. The van der Waals surface area contributed by atoms with Gasteiger partial charge in [0.15, 0.2) is 0 Å². The highest BCUT2D eigenvalue weighted by Gasteiger charge is 2.41. The van der Waals surface area contributed by atoms with Crippen LogP contribution < -0.4 is 0 Å². The zero-order valence-corrected chi connectivity index (χ0v) is 13.3. The molecule has 0 amide bonds. The maximum atomic E-state index is 10.2. The first-order chi connectivity index (χ1) is 9.64. The molecule has 3 nitrogen and oxygen atoms in total. The Balaban J connectivity index is 1.95. The van der Waals surface area contributed by atoms with Crippen LogP contribution in [-0.4, -0.2) is 16.7 Å². The van der Waals surface area contributed by atoms with E-state index in [1.807, 2.05) is 0 Å². The molecule has 1 aromatic heterocycles. The first-order valence-corrected chi connectivity index (χ1v) is 8.78. The van der Waals surface area contributed by atoms with Crippen LogP contribution in [0.25, 0.3) is 0 Å². The molecule has 3 atom stereocenters. The molecule has 1 aromatic rings. The molecule has 112 valence electrons. The minimum atomic E-state index is -0.301. The Bertz CT molecular complexity index is 469. The Kier molecular flexibility index (Phi) is 4.16. The van der Waals surface area contributed by atoms with Gasteiger partial charge in [-0.1, -0.05) is 13.3 Å². The van der Waals surface area contributed by atoms with Crippen molar-refractivity contribution in [3.8, 4) is 0 Å². The highest BCUT2D eigenvalue weighted by atomic mass is 32.1. The highest BCUT2D eigenvalue weighted by molar-refractivity contribution is 7.12. The third-order valence-corrected chi connectivity index (χ3v) is 6.07. The summed E-state index contributed by atoms with van der Waals surface area (Å²) in [7, 11) is 0. The standard InChI is InChI=1S/C16H25NO2S/c1-3-19-16(9-5-6-11(2)10-16)15-17-12-7-4-8-13(18)14(12)20-15/h11,13,18H,3-10H2,1-2H3. The number of hydrogen-bond donors (Lipinski definition) is 1. The molecule has 3 rings (SSSR count). The molecule has 1 fully saturated rings. The largest absolute Gasteiger partial charge is 0.388 e. The van der Waals surface area contributed by atoms with Gasteiger partial charge in [0.1, 0.15) is 10.6 Å². The zero-order chi connectivity index (χ0) is 14.2. The number of aliphatic hydroxyl groups excluding tert-OH is 1. The van der Waals surface area contributed by atoms with Crippen LogP contribution >= 0.6 is 11.3 Å². The van der Waals surface area contributed by atoms with E-state index in [0.29, 0.717) is 5.92 Å². The van der Waals surface area contributed by atoms with Crippen LogP contribution in [0, 0.1) is 5.92 Å². The molecular weight excluding hydrogens is 270 g/mol. The molecule has 1 saturated carbocycles. The van der Waals surface area contributed by atoms with Gasteiger partial charge in [-0.2, -0.15) is 0 Å². The van der Waals surface area contributed by atoms with Gasteiger partial charge in [-0.05, 0) is 51.4 Å². The molecule has 0 bridgehead atoms. The van der Waals surface area contributed by atoms with E-state index in [1.54, 1.807) is 11.3 Å². The highest BCUT2D eigenvalue weighted by Crippen LogP contribution is 2.46. The predicted octanol–water partition coefficient (Wildman–Crippen LogP) is 3.95. The van der Waals surface area contributed by atoms with Gasteiger partial charge in [-0.15, -0.1) is 11.3 Å². The fourth-order valence-electron chi connectivity index (χ4n) is 3.76. The molecule has 0 saturated heterocycles. The summed E-state index contributed by atoms with van der Waals surface area (Å²) < 4.78 is 6.21. The summed E-state index contributed by atoms with van der Waals surface area (Å²) in [6, 6.07) is 0. The molecule has 20 heavy (non-hydrogen) atoms. The minimum Gasteiger partial charge on any atom is -0.388 e. The lowest BCUT2D eigenvalue weighted by Crippen LogP contribution is -2.35. The molecule has 4 heteroatoms. The van der Waals surface area contributed by atoms with Gasteiger partial charge < -0.3 is 9.84 Å². The summed E-state index contributed by atoms with van der Waals surface area (Å²) in [5, 5.41) is 11.3. The number of nitrogens with zero attached hydrogens (tertiary/aromatic N) is 1. The Morgan fingerprint density at radius 1 is 1.40 bits per heavy atom. The molecule has 2 aliphatic rings. The van der Waals surface area contributed by atoms with E-state index in [9.17, 15) is 5.11 Å². The fourth-order valence-corrected chi connectivity index (χ4v) is 5.07. The molecule has 2 aliphatic carbocycles. The van der Waals surface area contributed by atoms with E-state index >= 15 is 0 Å². The summed E-state index contributed by atoms with van der Waals surface area (Å²) in [6.45, 7) is 5.12. The summed E-state index contributed by atoms with van der Waals surface area (Å²) in [5.41, 5.74) is 0.940. The van der Waals surface area contributed by atoms with Gasteiger partial charge >= 0.3 is 0 Å². The molecule has 0 aliphatic heterocycles. The van der Waals surface area contributed by atoms with Crippen LogP contribution in [-0.2, 0) is 16.8 Å². The number of aliphatic hydroxyl groups is 1. The SMILES string of the molecule is CCOC1(c2nc3c(s2)C(O)CCC3)CCCC(C)C1. The van der Waals surface area contributed by atoms with Crippen LogP contribution in [0.5, 0.6) is 0 Å². The van der Waals surface area contributed by atoms with E-state index in [-0.39, 0.29) is 11.7 Å². The lowest BCUT2D eigenvalue weighted by molar-refractivity contribution is -0.0821. The van der Waals surface area contributed by atoms with Crippen LogP contribution in [0.4, 0.5) is 0 Å². The number of thiazole rings is 1. The number of hydrogen-bond acceptors (Lipinski definition) is 4. The third-order valence-electron chi connectivity index (χ3n) is 4.69. The number of aromatic nitrogens is 1. The average molecular weight is 295 g/mol. The van der Waals surface area contributed by atoms with Crippen LogP contribution in [0.3, 0.4) is 0 Å². The van der Waals surface area contributed by atoms with Gasteiger partial charge in [-0.3, -0.25) is 0 Å². The summed E-state index contributed by atoms with van der Waals surface area (Å²) in [4.78, 5) is 5.98. The number of rotatable bonds is 3. The van der Waals surface area contributed by atoms with Gasteiger partial charge in [0.05, 0.1) is 16.7 Å². The Hall–Kier alpha value is -0.450. The fraction of sp³-hybridized carbons (Fsp3) is 0.812. The zero-order valence-electron chi connectivity index (χ0n) is 12.5. The number of fused-ring (bicyclic) bond motifs is 1. The molecule has 0 aromatic carbocycles. The van der Waals surface area contributed by atoms with Crippen molar-refractivity contribution >= 4 is 11.3 Å². The number of ether oxygens (including phenoxy) is 1. The van der Waals surface area contributed by atoms with Gasteiger partial charge in [-0.25, -0.2) is 4.98 Å². The normalized spacial score (nSPS) is 34.0. The van der Waals surface area contributed by atoms with E-state index in [2.05, 4.69) is 13.8 Å². The van der Waals surface area contributed by atoms with E-state index in [0.717, 1.165) is 54.3 Å². The van der Waals surface area contributed by atoms with E-state index in [1.165, 1.54) is 12.8 Å². The van der Waals surface area contributed by atoms with Crippen molar-refractivity contribution in [3.63, 3.8) is 0 Å². The maximum absolute atomic E-state index is 10.2. The van der Waals surface area contributed by atoms with Gasteiger partial charge in [0.25, 0.3) is 0 Å². The van der Waals surface area contributed by atoms with Crippen molar-refractivity contribution in [3.05, 3.63) is 15.6 Å². The van der Waals surface area contributed by atoms with E-state index < -0.39 is 0 Å². The molecule has 0 spiro atoms. The van der Waals surface area contributed by atoms with Gasteiger partial charge in [0, 0.05) is 6.61 Å². The molecule has 0 radical (unpaired) electrons. The minimum absolute atomic E-state index is 0.186. The lowest BCUT2D eigenvalue weighted by Gasteiger charge is -2.38. The maximum Gasteiger partial charge on any atom is 0.125 e. The van der Waals surface area contributed by atoms with E-state index in [4.69, 9.17) is 9.72 Å². The molecule has 3 unspecified atom stereocenters. The quantitative estimate of drug-likeness (QED) is 0.918. The van der Waals surface area contributed by atoms with Crippen LogP contribution in [0.2, 0.25) is 0 Å². The van der Waals surface area contributed by atoms with Crippen molar-refractivity contribution in [2.24, 2.45) is 5.92 Å². The van der Waals surface area contributed by atoms with Crippen molar-refractivity contribution in [1.29, 1.82) is 0 Å². The van der Waals surface area contributed by atoms with Crippen LogP contribution in [0.15, 0.2) is 0 Å². The second-order valence-electron chi connectivity index (χ2n) is 6.37. The Morgan fingerprint density at radius 3 is 2.95 bits per heavy atom. The lowest BCUT2D eigenvalue weighted by atomic mass is 9.79. The number of aryl methyl sites for hydroxylation is 1. The second-order valence-corrected chi connectivity index (χ2v) is 7.40. The first kappa shape index (κ1) is 14.5. The summed E-state index contributed by atoms with van der Waals surface area (Å²) in [6.07, 6.45) is 7.31. The topological polar surface area (TPSA) is 42.4 Å². The van der Waals surface area contributed by atoms with Crippen molar-refractivity contribution in [2.75, 3.05) is 6.61 Å². The molecule has 1 N–H and O–H groups in total. The van der Waals surface area contributed by atoms with Crippen LogP contribution in [0.1, 0.15) is 74.1 Å². The Morgan fingerprint density at radius 2 is 2.25 bits per heavy atom. The first-order valence-electron chi connectivity index (χ1n) is 7.96. The van der Waals surface area contributed by atoms with Crippen molar-refractivity contribution < 1.29 is 9.84 Å². The van der Waals surface area contributed by atoms with Crippen molar-refractivity contribution in [2.45, 2.75) is 70.5 Å². The van der Waals surface area contributed by atoms with Gasteiger partial charge in [0.2, 0.25) is 0 Å². The smallest absolute Gasteiger partial charge is 0.125 e. The predicted molar refractivity (Wildman–Crippen MR) is 80.9 cm³/mol. The molecular formula is C16H25NO2S. The second kappa shape index (κ2) is 5.74. The molecule has 1 heterocycles. The third kappa shape index (κ3) is 2.53. The monoisotopic (exact) mass is 295 g/mol.